The highest BCUT2D eigenvalue weighted by atomic mass is 32.2. The SMILES string of the molecule is Nc1ccc(S(=O)(=O)c2ccc(N)c(S(=O)(=O)O)c2)cc1. The van der Waals surface area contributed by atoms with Gasteiger partial charge in [0.25, 0.3) is 10.1 Å². The third kappa shape index (κ3) is 2.99. The molecule has 0 unspecified atom stereocenters. The predicted octanol–water partition coefficient (Wildman–Crippen LogP) is 0.930. The predicted molar refractivity (Wildman–Crippen MR) is 77.0 cm³/mol. The average Bonchev–Trinajstić information content (AvgIpc) is 2.38. The molecule has 0 amide bonds. The van der Waals surface area contributed by atoms with Crippen LogP contribution in [0.5, 0.6) is 0 Å². The van der Waals surface area contributed by atoms with Crippen molar-refractivity contribution in [2.45, 2.75) is 14.7 Å². The summed E-state index contributed by atoms with van der Waals surface area (Å²) in [5.74, 6) is 0. The molecule has 7 nitrogen and oxygen atoms in total. The average molecular weight is 328 g/mol. The molecule has 2 rings (SSSR count). The van der Waals surface area contributed by atoms with Gasteiger partial charge in [0.1, 0.15) is 4.90 Å². The fourth-order valence-electron chi connectivity index (χ4n) is 1.69. The Labute approximate surface area is 121 Å². The topological polar surface area (TPSA) is 141 Å². The number of anilines is 2. The van der Waals surface area contributed by atoms with E-state index in [9.17, 15) is 16.8 Å². The number of nitrogen functional groups attached to an aromatic ring is 2. The summed E-state index contributed by atoms with van der Waals surface area (Å²) in [4.78, 5) is -1.00. The zero-order chi connectivity index (χ0) is 15.8. The van der Waals surface area contributed by atoms with Gasteiger partial charge in [-0.1, -0.05) is 0 Å². The molecule has 0 aromatic heterocycles. The molecule has 0 aliphatic carbocycles. The quantitative estimate of drug-likeness (QED) is 0.562. The van der Waals surface area contributed by atoms with Crippen LogP contribution in [0.25, 0.3) is 0 Å². The number of sulfone groups is 1. The highest BCUT2D eigenvalue weighted by molar-refractivity contribution is 7.91. The van der Waals surface area contributed by atoms with E-state index < -0.39 is 24.9 Å². The van der Waals surface area contributed by atoms with Crippen LogP contribution in [0.15, 0.2) is 57.2 Å². The van der Waals surface area contributed by atoms with Gasteiger partial charge in [0.05, 0.1) is 15.5 Å². The molecule has 0 aliphatic rings. The Morgan fingerprint density at radius 3 is 1.86 bits per heavy atom. The highest BCUT2D eigenvalue weighted by Crippen LogP contribution is 2.27. The van der Waals surface area contributed by atoms with Crippen molar-refractivity contribution in [2.24, 2.45) is 0 Å². The first kappa shape index (κ1) is 15.3. The van der Waals surface area contributed by atoms with Crippen LogP contribution in [0, 0.1) is 0 Å². The number of benzene rings is 2. The second-order valence-electron chi connectivity index (χ2n) is 4.25. The summed E-state index contributed by atoms with van der Waals surface area (Å²) >= 11 is 0. The van der Waals surface area contributed by atoms with Crippen LogP contribution in [0.3, 0.4) is 0 Å². The van der Waals surface area contributed by atoms with Crippen LogP contribution in [-0.2, 0) is 20.0 Å². The van der Waals surface area contributed by atoms with Crippen molar-refractivity contribution in [2.75, 3.05) is 11.5 Å². The van der Waals surface area contributed by atoms with Crippen molar-refractivity contribution in [1.29, 1.82) is 0 Å². The lowest BCUT2D eigenvalue weighted by Gasteiger charge is -2.08. The van der Waals surface area contributed by atoms with Crippen LogP contribution in [-0.4, -0.2) is 21.4 Å². The van der Waals surface area contributed by atoms with Gasteiger partial charge in [0.15, 0.2) is 0 Å². The third-order valence-corrected chi connectivity index (χ3v) is 5.44. The molecule has 0 spiro atoms. The molecule has 0 aliphatic heterocycles. The largest absolute Gasteiger partial charge is 0.399 e. The minimum Gasteiger partial charge on any atom is -0.399 e. The third-order valence-electron chi connectivity index (χ3n) is 2.76. The first-order valence-corrected chi connectivity index (χ1v) is 8.52. The van der Waals surface area contributed by atoms with Gasteiger partial charge in [-0.05, 0) is 42.5 Å². The molecular weight excluding hydrogens is 316 g/mol. The molecule has 2 aromatic carbocycles. The van der Waals surface area contributed by atoms with Crippen molar-refractivity contribution in [3.63, 3.8) is 0 Å². The summed E-state index contributed by atoms with van der Waals surface area (Å²) in [7, 11) is -8.56. The van der Waals surface area contributed by atoms with Crippen LogP contribution in [0.1, 0.15) is 0 Å². The van der Waals surface area contributed by atoms with Crippen LogP contribution in [0.2, 0.25) is 0 Å². The summed E-state index contributed by atoms with van der Waals surface area (Å²) in [5.41, 5.74) is 11.1. The number of hydrogen-bond acceptors (Lipinski definition) is 6. The van der Waals surface area contributed by atoms with Crippen molar-refractivity contribution >= 4 is 31.3 Å². The molecule has 9 heteroatoms. The molecule has 2 aromatic rings. The first-order chi connectivity index (χ1) is 9.62. The molecule has 0 atom stereocenters. The van der Waals surface area contributed by atoms with E-state index in [-0.39, 0.29) is 15.5 Å². The molecular formula is C12H12N2O5S2. The van der Waals surface area contributed by atoms with E-state index in [1.807, 2.05) is 0 Å². The number of rotatable bonds is 3. The lowest BCUT2D eigenvalue weighted by molar-refractivity contribution is 0.483. The van der Waals surface area contributed by atoms with Crippen LogP contribution >= 0.6 is 0 Å². The van der Waals surface area contributed by atoms with E-state index in [1.165, 1.54) is 24.3 Å². The van der Waals surface area contributed by atoms with Gasteiger partial charge in [0.2, 0.25) is 9.84 Å². The smallest absolute Gasteiger partial charge is 0.296 e. The Balaban J connectivity index is 2.64. The van der Waals surface area contributed by atoms with Gasteiger partial charge >= 0.3 is 0 Å². The molecule has 0 bridgehead atoms. The van der Waals surface area contributed by atoms with Crippen LogP contribution < -0.4 is 11.5 Å². The van der Waals surface area contributed by atoms with Gasteiger partial charge < -0.3 is 11.5 Å². The standard InChI is InChI=1S/C12H12N2O5S2/c13-8-1-3-9(4-2-8)20(15,16)10-5-6-11(14)12(7-10)21(17,18)19/h1-7H,13-14H2,(H,17,18,19). The van der Waals surface area contributed by atoms with Gasteiger partial charge in [-0.2, -0.15) is 8.42 Å². The second kappa shape index (κ2) is 5.02. The van der Waals surface area contributed by atoms with Crippen molar-refractivity contribution < 1.29 is 21.4 Å². The van der Waals surface area contributed by atoms with Crippen molar-refractivity contribution in [3.05, 3.63) is 42.5 Å². The fourth-order valence-corrected chi connectivity index (χ4v) is 3.69. The van der Waals surface area contributed by atoms with Crippen LogP contribution in [0.4, 0.5) is 11.4 Å². The van der Waals surface area contributed by atoms with Gasteiger partial charge in [-0.25, -0.2) is 8.42 Å². The van der Waals surface area contributed by atoms with E-state index in [1.54, 1.807) is 0 Å². The monoisotopic (exact) mass is 328 g/mol. The Morgan fingerprint density at radius 1 is 0.810 bits per heavy atom. The van der Waals surface area contributed by atoms with Crippen molar-refractivity contribution in [3.8, 4) is 0 Å². The zero-order valence-corrected chi connectivity index (χ0v) is 12.2. The maximum absolute atomic E-state index is 12.4. The molecule has 0 heterocycles. The molecule has 0 saturated carbocycles. The molecule has 0 radical (unpaired) electrons. The maximum Gasteiger partial charge on any atom is 0.296 e. The summed E-state index contributed by atoms with van der Waals surface area (Å²) < 4.78 is 56.2. The van der Waals surface area contributed by atoms with E-state index in [2.05, 4.69) is 0 Å². The van der Waals surface area contributed by atoms with E-state index >= 15 is 0 Å². The molecule has 5 N–H and O–H groups in total. The Hall–Kier alpha value is -2.10. The van der Waals surface area contributed by atoms with E-state index in [0.29, 0.717) is 5.69 Å². The molecule has 0 fully saturated rings. The van der Waals surface area contributed by atoms with E-state index in [4.69, 9.17) is 16.0 Å². The normalized spacial score (nSPS) is 12.2. The van der Waals surface area contributed by atoms with Gasteiger partial charge in [-0.15, -0.1) is 0 Å². The fraction of sp³-hybridized carbons (Fsp3) is 0. The minimum absolute atomic E-state index is 0.0530. The summed E-state index contributed by atoms with van der Waals surface area (Å²) in [6.45, 7) is 0. The Kier molecular flexibility index (Phi) is 3.66. The molecule has 21 heavy (non-hydrogen) atoms. The number of nitrogens with two attached hydrogens (primary N) is 2. The summed E-state index contributed by atoms with van der Waals surface area (Å²) in [5, 5.41) is 0. The van der Waals surface area contributed by atoms with Gasteiger partial charge in [0, 0.05) is 5.69 Å². The Morgan fingerprint density at radius 2 is 1.33 bits per heavy atom. The summed E-state index contributed by atoms with van der Waals surface area (Å²) in [6.07, 6.45) is 0. The maximum atomic E-state index is 12.4. The lowest BCUT2D eigenvalue weighted by atomic mass is 10.3. The Bertz CT molecular complexity index is 888. The highest BCUT2D eigenvalue weighted by Gasteiger charge is 2.22. The minimum atomic E-state index is -4.61. The molecule has 0 saturated heterocycles. The zero-order valence-electron chi connectivity index (χ0n) is 10.6. The second-order valence-corrected chi connectivity index (χ2v) is 7.59. The van der Waals surface area contributed by atoms with E-state index in [0.717, 1.165) is 18.2 Å². The first-order valence-electron chi connectivity index (χ1n) is 5.60. The lowest BCUT2D eigenvalue weighted by Crippen LogP contribution is -2.07. The van der Waals surface area contributed by atoms with Crippen molar-refractivity contribution in [1.82, 2.24) is 0 Å². The van der Waals surface area contributed by atoms with Gasteiger partial charge in [-0.3, -0.25) is 4.55 Å². The summed E-state index contributed by atoms with van der Waals surface area (Å²) in [6, 6.07) is 8.50. The number of hydrogen-bond donors (Lipinski definition) is 3. The molecule has 112 valence electrons.